The van der Waals surface area contributed by atoms with E-state index in [2.05, 4.69) is 21.3 Å². The van der Waals surface area contributed by atoms with Gasteiger partial charge in [-0.25, -0.2) is 0 Å². The summed E-state index contributed by atoms with van der Waals surface area (Å²) >= 11 is 0. The van der Waals surface area contributed by atoms with Gasteiger partial charge in [0.25, 0.3) is 23.6 Å². The van der Waals surface area contributed by atoms with Crippen molar-refractivity contribution in [2.75, 3.05) is 39.6 Å². The number of aromatic hydroxyl groups is 2. The van der Waals surface area contributed by atoms with Crippen molar-refractivity contribution in [1.82, 2.24) is 21.3 Å². The molecule has 8 unspecified atom stereocenters. The van der Waals surface area contributed by atoms with Crippen molar-refractivity contribution in [3.8, 4) is 23.0 Å². The second-order valence-electron chi connectivity index (χ2n) is 23.9. The van der Waals surface area contributed by atoms with E-state index in [-0.39, 0.29) is 151 Å². The van der Waals surface area contributed by atoms with Gasteiger partial charge in [0.05, 0.1) is 78.9 Å². The van der Waals surface area contributed by atoms with E-state index in [9.17, 15) is 29.4 Å². The lowest BCUT2D eigenvalue weighted by Crippen LogP contribution is -2.44. The molecule has 0 aromatic heterocycles. The molecule has 8 atom stereocenters. The van der Waals surface area contributed by atoms with Crippen LogP contribution in [0.1, 0.15) is 189 Å². The quantitative estimate of drug-likeness (QED) is 0.0912. The second-order valence-corrected chi connectivity index (χ2v) is 23.9. The summed E-state index contributed by atoms with van der Waals surface area (Å²) in [6, 6.07) is 12.9. The molecule has 0 saturated heterocycles. The fourth-order valence-corrected chi connectivity index (χ4v) is 12.8. The Labute approximate surface area is 492 Å². The van der Waals surface area contributed by atoms with Crippen LogP contribution in [0.5, 0.6) is 23.0 Å². The van der Waals surface area contributed by atoms with E-state index in [0.717, 1.165) is 88.2 Å². The molecule has 4 amide bonds. The van der Waals surface area contributed by atoms with E-state index in [1.54, 1.807) is 49.1 Å². The molecule has 4 aliphatic carbocycles. The molecule has 4 saturated carbocycles. The third kappa shape index (κ3) is 15.3. The molecule has 12 bridgehead atoms. The lowest BCUT2D eigenvalue weighted by Gasteiger charge is -2.30. The van der Waals surface area contributed by atoms with Gasteiger partial charge in [-0.15, -0.1) is 0 Å². The van der Waals surface area contributed by atoms with E-state index in [4.69, 9.17) is 38.9 Å². The van der Waals surface area contributed by atoms with Crippen LogP contribution in [0.3, 0.4) is 0 Å². The molecule has 2 heterocycles. The van der Waals surface area contributed by atoms with Crippen LogP contribution in [0.25, 0.3) is 0 Å². The molecule has 10 rings (SSSR count). The molecule has 2 aliphatic heterocycles. The van der Waals surface area contributed by atoms with Crippen LogP contribution in [0.2, 0.25) is 0 Å². The first-order chi connectivity index (χ1) is 40.7. The van der Waals surface area contributed by atoms with E-state index < -0.39 is 5.91 Å². The van der Waals surface area contributed by atoms with Gasteiger partial charge in [-0.2, -0.15) is 0 Å². The molecule has 0 spiro atoms. The number of amides is 4. The number of nitrogens with one attached hydrogen (secondary N) is 4. The molecular formula is C66H82N8O10. The number of fused-ring (bicyclic) bond motifs is 20. The molecule has 6 aliphatic rings. The number of phenols is 2. The Balaban J connectivity index is 1.02. The summed E-state index contributed by atoms with van der Waals surface area (Å²) in [6.45, 7) is 8.31. The standard InChI is InChI=1S/C66H82N8O10/c1-39-24-43-35-67-47-10-7-13-50(32-47)71-63(77)53-28-41(3)29-54-61(53)83-22-20-81-18-19-82-21-23-84-62-55(65(79)73-52-15-8-11-48(33-52)68-36-44(25-39)59(43)75)30-42(4)31-56(62)66(80)74-58-17-6-5-16-57(58)70-38-46-27-40(2)26-45(60(46)76)37-69-49-12-9-14-51(34-49)72-64(54)78/h24-31,35-38,47-52,57-58,75-76H,5-23,32-34H2,1-4H3,(H,71,77)(H,72,78)(H,73,79)(H,74,80). The lowest BCUT2D eigenvalue weighted by molar-refractivity contribution is 0.0269. The van der Waals surface area contributed by atoms with Crippen molar-refractivity contribution in [2.24, 2.45) is 20.0 Å². The van der Waals surface area contributed by atoms with Crippen molar-refractivity contribution >= 4 is 48.5 Å². The number of aliphatic imine (C=N–C) groups is 4. The number of nitrogens with zero attached hydrogens (tertiary/aromatic N) is 4. The Bertz CT molecular complexity index is 3190. The fraction of sp³-hybridized carbons (Fsp3) is 0.515. The molecule has 446 valence electrons. The smallest absolute Gasteiger partial charge is 0.255 e. The highest BCUT2D eigenvalue weighted by atomic mass is 16.6. The molecule has 18 heteroatoms. The van der Waals surface area contributed by atoms with Crippen LogP contribution in [0, 0.1) is 27.7 Å². The highest BCUT2D eigenvalue weighted by Crippen LogP contribution is 2.34. The maximum Gasteiger partial charge on any atom is 0.255 e. The van der Waals surface area contributed by atoms with Crippen molar-refractivity contribution in [3.05, 3.63) is 115 Å². The highest BCUT2D eigenvalue weighted by molar-refractivity contribution is 6.06. The van der Waals surface area contributed by atoms with Crippen molar-refractivity contribution in [3.63, 3.8) is 0 Å². The van der Waals surface area contributed by atoms with Gasteiger partial charge in [0.15, 0.2) is 0 Å². The van der Waals surface area contributed by atoms with E-state index >= 15 is 0 Å². The number of hydrogen-bond acceptors (Lipinski definition) is 14. The summed E-state index contributed by atoms with van der Waals surface area (Å²) in [5, 5.41) is 36.4. The first-order valence-corrected chi connectivity index (χ1v) is 30.4. The number of aryl methyl sites for hydroxylation is 4. The largest absolute Gasteiger partial charge is 0.507 e. The van der Waals surface area contributed by atoms with Crippen LogP contribution in [0.15, 0.2) is 68.5 Å². The Hall–Kier alpha value is -7.44. The van der Waals surface area contributed by atoms with Gasteiger partial charge in [0.2, 0.25) is 0 Å². The highest BCUT2D eigenvalue weighted by Gasteiger charge is 2.33. The molecule has 4 aromatic carbocycles. The average molecular weight is 1150 g/mol. The summed E-state index contributed by atoms with van der Waals surface area (Å²) in [7, 11) is 0. The maximum atomic E-state index is 14.7. The fourth-order valence-electron chi connectivity index (χ4n) is 12.8. The average Bonchev–Trinajstić information content (AvgIpc) is 3.65. The van der Waals surface area contributed by atoms with Gasteiger partial charge >= 0.3 is 0 Å². The predicted molar refractivity (Wildman–Crippen MR) is 325 cm³/mol. The molecule has 4 aromatic rings. The van der Waals surface area contributed by atoms with Crippen LogP contribution < -0.4 is 30.7 Å². The zero-order valence-electron chi connectivity index (χ0n) is 49.1. The Morgan fingerprint density at radius 1 is 0.393 bits per heavy atom. The van der Waals surface area contributed by atoms with Crippen molar-refractivity contribution < 1.29 is 48.3 Å². The zero-order chi connectivity index (χ0) is 58.7. The molecule has 84 heavy (non-hydrogen) atoms. The summed E-state index contributed by atoms with van der Waals surface area (Å²) in [4.78, 5) is 78.4. The van der Waals surface area contributed by atoms with Gasteiger partial charge in [-0.1, -0.05) is 12.8 Å². The predicted octanol–water partition coefficient (Wildman–Crippen LogP) is 9.09. The van der Waals surface area contributed by atoms with Crippen LogP contribution in [-0.2, 0) is 9.47 Å². The molecule has 4 fully saturated rings. The van der Waals surface area contributed by atoms with Crippen molar-refractivity contribution in [1.29, 1.82) is 0 Å². The topological polar surface area (TPSA) is 243 Å². The number of carbonyl (C=O) groups is 4. The van der Waals surface area contributed by atoms with Gasteiger partial charge in [0.1, 0.15) is 36.2 Å². The third-order valence-electron chi connectivity index (χ3n) is 17.1. The summed E-state index contributed by atoms with van der Waals surface area (Å²) in [5.41, 5.74) is 6.38. The minimum Gasteiger partial charge on any atom is -0.507 e. The first-order valence-electron chi connectivity index (χ1n) is 30.4. The maximum absolute atomic E-state index is 14.7. The number of ether oxygens (including phenoxy) is 4. The number of phenolic OH excluding ortho intramolecular Hbond substituents is 2. The Morgan fingerprint density at radius 2 is 0.726 bits per heavy atom. The molecule has 6 N–H and O–H groups in total. The van der Waals surface area contributed by atoms with E-state index in [1.165, 1.54) is 0 Å². The lowest BCUT2D eigenvalue weighted by atomic mass is 9.90. The van der Waals surface area contributed by atoms with Gasteiger partial charge in [0, 0.05) is 65.2 Å². The summed E-state index contributed by atoms with van der Waals surface area (Å²) in [6.07, 6.45) is 18.9. The minimum absolute atomic E-state index is 0.0154. The molecule has 0 radical (unpaired) electrons. The normalized spacial score (nSPS) is 26.0. The van der Waals surface area contributed by atoms with Crippen LogP contribution >= 0.6 is 0 Å². The third-order valence-corrected chi connectivity index (χ3v) is 17.1. The van der Waals surface area contributed by atoms with Gasteiger partial charge in [-0.05, 0) is 188 Å². The Kier molecular flexibility index (Phi) is 19.9. The zero-order valence-corrected chi connectivity index (χ0v) is 49.1. The van der Waals surface area contributed by atoms with Crippen molar-refractivity contribution in [2.45, 2.75) is 179 Å². The van der Waals surface area contributed by atoms with Gasteiger partial charge in [-0.3, -0.25) is 39.1 Å². The van der Waals surface area contributed by atoms with Gasteiger partial charge < -0.3 is 50.4 Å². The number of hydrogen-bond donors (Lipinski definition) is 6. The summed E-state index contributed by atoms with van der Waals surface area (Å²) < 4.78 is 24.8. The number of benzene rings is 4. The number of rotatable bonds is 0. The molecule has 18 nitrogen and oxygen atoms in total. The monoisotopic (exact) mass is 1150 g/mol. The SMILES string of the molecule is Cc1cc2c(O)c(c1)C=NC1CCCC(C1)NC(=O)c1cc(C)cc3c1OCCOCCOCCOc1c(cc(C)cc1C(=O)NC1CCCC(C1)N=Cc1cc(C)cc(c1O)C=NC1CCCCC1NC3=O)C(=O)NC1CCCC(C1)N=C2. The minimum atomic E-state index is -0.394. The number of carbonyl (C=O) groups excluding carboxylic acids is 4. The van der Waals surface area contributed by atoms with E-state index in [1.807, 2.05) is 52.0 Å². The molecular weight excluding hydrogens is 1060 g/mol. The Morgan fingerprint density at radius 3 is 1.12 bits per heavy atom. The first kappa shape index (κ1) is 59.7. The second kappa shape index (κ2) is 28.0. The van der Waals surface area contributed by atoms with E-state index in [0.29, 0.717) is 59.1 Å². The van der Waals surface area contributed by atoms with Crippen LogP contribution in [0.4, 0.5) is 0 Å². The van der Waals surface area contributed by atoms with Crippen LogP contribution in [-0.4, -0.2) is 147 Å². The summed E-state index contributed by atoms with van der Waals surface area (Å²) in [5.74, 6) is -1.09.